The average molecular weight is 590 g/mol. The maximum absolute atomic E-state index is 13.6. The van der Waals surface area contributed by atoms with Crippen LogP contribution in [0.5, 0.6) is 0 Å². The summed E-state index contributed by atoms with van der Waals surface area (Å²) in [5.41, 5.74) is 3.67. The van der Waals surface area contributed by atoms with Crippen molar-refractivity contribution in [1.29, 1.82) is 0 Å². The molecule has 0 fully saturated rings. The smallest absolute Gasteiger partial charge is 0.251 e. The van der Waals surface area contributed by atoms with Crippen LogP contribution in [0.2, 0.25) is 0 Å². The molecule has 2 atom stereocenters. The number of benzene rings is 3. The number of aromatic nitrogens is 3. The molecule has 0 saturated carbocycles. The normalized spacial score (nSPS) is 12.4. The summed E-state index contributed by atoms with van der Waals surface area (Å²) < 4.78 is 0. The van der Waals surface area contributed by atoms with Crippen molar-refractivity contribution in [2.45, 2.75) is 51.9 Å². The summed E-state index contributed by atoms with van der Waals surface area (Å²) in [6.07, 6.45) is 6.46. The highest BCUT2D eigenvalue weighted by Gasteiger charge is 2.23. The van der Waals surface area contributed by atoms with Crippen molar-refractivity contribution in [1.82, 2.24) is 30.9 Å². The predicted octanol–water partition coefficient (Wildman–Crippen LogP) is 5.42. The zero-order valence-electron chi connectivity index (χ0n) is 25.1. The molecule has 3 aromatic carbocycles. The minimum absolute atomic E-state index is 0.217. The fourth-order valence-electron chi connectivity index (χ4n) is 5.12. The molecule has 0 spiro atoms. The Kier molecular flexibility index (Phi) is 10.3. The van der Waals surface area contributed by atoms with Crippen molar-refractivity contribution in [2.75, 3.05) is 11.9 Å². The van der Waals surface area contributed by atoms with Crippen molar-refractivity contribution in [3.8, 4) is 0 Å². The SMILES string of the molecule is Cc1ccc(NCCC[C@H](NC(=O)c2ccc(CNCc3ncc[nH]3)cc2)C(=O)NC(C)c2cccc3ccccc23)nc1. The Morgan fingerprint density at radius 1 is 0.886 bits per heavy atom. The standard InChI is InChI=1S/C35H39N7O2/c1-24-12-17-32(40-21-24)37-18-6-11-31(35(44)41-25(2)29-10-5-8-27-7-3-4-9-30(27)29)42-34(43)28-15-13-26(14-16-28)22-36-23-33-38-19-20-39-33/h3-5,7-10,12-17,19-21,25,31,36H,6,11,18,22-23H2,1-2H3,(H,37,40)(H,38,39)(H,41,44)(H,42,43)/t25?,31-/m0/s1. The topological polar surface area (TPSA) is 124 Å². The molecule has 0 saturated heterocycles. The fraction of sp³-hybridized carbons (Fsp3) is 0.257. The zero-order chi connectivity index (χ0) is 30.7. The van der Waals surface area contributed by atoms with E-state index in [2.05, 4.69) is 54.4 Å². The number of amides is 2. The van der Waals surface area contributed by atoms with Gasteiger partial charge < -0.3 is 26.3 Å². The van der Waals surface area contributed by atoms with Crippen LogP contribution < -0.4 is 21.3 Å². The summed E-state index contributed by atoms with van der Waals surface area (Å²) in [4.78, 5) is 38.6. The number of anilines is 1. The number of imidazole rings is 1. The first-order valence-electron chi connectivity index (χ1n) is 15.0. The van der Waals surface area contributed by atoms with Gasteiger partial charge in [0, 0.05) is 37.2 Å². The summed E-state index contributed by atoms with van der Waals surface area (Å²) in [6.45, 7) is 5.85. The molecule has 5 rings (SSSR count). The number of aryl methyl sites for hydroxylation is 1. The van der Waals surface area contributed by atoms with Crippen molar-refractivity contribution >= 4 is 28.4 Å². The lowest BCUT2D eigenvalue weighted by atomic mass is 9.99. The highest BCUT2D eigenvalue weighted by molar-refractivity contribution is 5.97. The molecule has 2 amide bonds. The molecule has 2 heterocycles. The molecular formula is C35H39N7O2. The van der Waals surface area contributed by atoms with Gasteiger partial charge in [0.05, 0.1) is 12.6 Å². The number of carbonyl (C=O) groups excluding carboxylic acids is 2. The number of pyridine rings is 1. The lowest BCUT2D eigenvalue weighted by molar-refractivity contribution is -0.123. The summed E-state index contributed by atoms with van der Waals surface area (Å²) in [7, 11) is 0. The van der Waals surface area contributed by atoms with Gasteiger partial charge in [0.25, 0.3) is 5.91 Å². The van der Waals surface area contributed by atoms with Crippen LogP contribution in [0, 0.1) is 6.92 Å². The van der Waals surface area contributed by atoms with Gasteiger partial charge in [0.2, 0.25) is 5.91 Å². The van der Waals surface area contributed by atoms with Gasteiger partial charge >= 0.3 is 0 Å². The lowest BCUT2D eigenvalue weighted by Crippen LogP contribution is -2.47. The maximum Gasteiger partial charge on any atom is 0.251 e. The number of carbonyl (C=O) groups is 2. The van der Waals surface area contributed by atoms with Crippen LogP contribution in [0.1, 0.15) is 58.7 Å². The van der Waals surface area contributed by atoms with E-state index in [0.717, 1.165) is 39.1 Å². The number of hydrogen-bond donors (Lipinski definition) is 5. The highest BCUT2D eigenvalue weighted by atomic mass is 16.2. The molecule has 1 unspecified atom stereocenters. The Morgan fingerprint density at radius 2 is 1.70 bits per heavy atom. The van der Waals surface area contributed by atoms with E-state index < -0.39 is 6.04 Å². The molecule has 9 heteroatoms. The highest BCUT2D eigenvalue weighted by Crippen LogP contribution is 2.24. The second-order valence-electron chi connectivity index (χ2n) is 11.0. The van der Waals surface area contributed by atoms with Gasteiger partial charge in [-0.1, -0.05) is 60.7 Å². The van der Waals surface area contributed by atoms with Crippen molar-refractivity contribution in [3.63, 3.8) is 0 Å². The summed E-state index contributed by atoms with van der Waals surface area (Å²) in [5.74, 6) is 1.14. The second kappa shape index (κ2) is 14.9. The molecule has 0 aliphatic carbocycles. The Labute approximate surface area is 257 Å². The fourth-order valence-corrected chi connectivity index (χ4v) is 5.12. The van der Waals surface area contributed by atoms with Gasteiger partial charge in [-0.25, -0.2) is 9.97 Å². The van der Waals surface area contributed by atoms with Crippen molar-refractivity contribution in [3.05, 3.63) is 126 Å². The molecule has 5 aromatic rings. The quantitative estimate of drug-likeness (QED) is 0.110. The first-order valence-corrected chi connectivity index (χ1v) is 15.0. The second-order valence-corrected chi connectivity index (χ2v) is 11.0. The van der Waals surface area contributed by atoms with Crippen molar-refractivity contribution < 1.29 is 9.59 Å². The van der Waals surface area contributed by atoms with E-state index in [1.165, 1.54) is 0 Å². The number of nitrogens with one attached hydrogen (secondary N) is 5. The van der Waals surface area contributed by atoms with Crippen LogP contribution in [0.3, 0.4) is 0 Å². The summed E-state index contributed by atoms with van der Waals surface area (Å²) in [6, 6.07) is 24.6. The summed E-state index contributed by atoms with van der Waals surface area (Å²) >= 11 is 0. The number of aromatic amines is 1. The van der Waals surface area contributed by atoms with Gasteiger partial charge in [-0.15, -0.1) is 0 Å². The zero-order valence-corrected chi connectivity index (χ0v) is 25.1. The minimum atomic E-state index is -0.706. The monoisotopic (exact) mass is 589 g/mol. The molecule has 5 N–H and O–H groups in total. The van der Waals surface area contributed by atoms with Gasteiger partial charge in [0.1, 0.15) is 17.7 Å². The van der Waals surface area contributed by atoms with Crippen LogP contribution >= 0.6 is 0 Å². The van der Waals surface area contributed by atoms with E-state index >= 15 is 0 Å². The van der Waals surface area contributed by atoms with E-state index in [9.17, 15) is 9.59 Å². The van der Waals surface area contributed by atoms with Crippen LogP contribution in [0.4, 0.5) is 5.82 Å². The van der Waals surface area contributed by atoms with E-state index in [4.69, 9.17) is 0 Å². The third-order valence-corrected chi connectivity index (χ3v) is 7.55. The van der Waals surface area contributed by atoms with Crippen LogP contribution in [0.25, 0.3) is 10.8 Å². The largest absolute Gasteiger partial charge is 0.370 e. The predicted molar refractivity (Wildman–Crippen MR) is 174 cm³/mol. The van der Waals surface area contributed by atoms with Gasteiger partial charge in [-0.3, -0.25) is 9.59 Å². The molecule has 2 aromatic heterocycles. The van der Waals surface area contributed by atoms with Gasteiger partial charge in [-0.2, -0.15) is 0 Å². The average Bonchev–Trinajstić information content (AvgIpc) is 3.57. The number of hydrogen-bond acceptors (Lipinski definition) is 6. The van der Waals surface area contributed by atoms with Crippen LogP contribution in [0.15, 0.2) is 97.5 Å². The van der Waals surface area contributed by atoms with E-state index in [1.54, 1.807) is 24.5 Å². The Hall–Kier alpha value is -5.02. The van der Waals surface area contributed by atoms with Crippen LogP contribution in [-0.4, -0.2) is 39.4 Å². The Morgan fingerprint density at radius 3 is 2.48 bits per heavy atom. The van der Waals surface area contributed by atoms with E-state index in [1.807, 2.05) is 68.6 Å². The third kappa shape index (κ3) is 8.29. The lowest BCUT2D eigenvalue weighted by Gasteiger charge is -2.23. The van der Waals surface area contributed by atoms with Crippen molar-refractivity contribution in [2.24, 2.45) is 0 Å². The van der Waals surface area contributed by atoms with Gasteiger partial charge in [-0.05, 0) is 72.4 Å². The number of H-pyrrole nitrogens is 1. The third-order valence-electron chi connectivity index (χ3n) is 7.55. The number of rotatable bonds is 14. The van der Waals surface area contributed by atoms with Crippen LogP contribution in [-0.2, 0) is 17.9 Å². The number of fused-ring (bicyclic) bond motifs is 1. The molecule has 0 aliphatic rings. The first kappa shape index (κ1) is 30.4. The Bertz CT molecular complexity index is 1650. The molecule has 226 valence electrons. The number of nitrogens with zero attached hydrogens (tertiary/aromatic N) is 2. The maximum atomic E-state index is 13.6. The molecule has 9 nitrogen and oxygen atoms in total. The minimum Gasteiger partial charge on any atom is -0.370 e. The molecule has 0 aliphatic heterocycles. The van der Waals surface area contributed by atoms with E-state index in [0.29, 0.717) is 38.0 Å². The Balaban J connectivity index is 1.22. The van der Waals surface area contributed by atoms with E-state index in [-0.39, 0.29) is 17.9 Å². The van der Waals surface area contributed by atoms with Gasteiger partial charge in [0.15, 0.2) is 0 Å². The summed E-state index contributed by atoms with van der Waals surface area (Å²) in [5, 5.41) is 15.0. The molecule has 0 bridgehead atoms. The first-order chi connectivity index (χ1) is 21.5. The molecule has 0 radical (unpaired) electrons. The molecular weight excluding hydrogens is 550 g/mol. The molecule has 44 heavy (non-hydrogen) atoms.